The molecule has 0 bridgehead atoms. The van der Waals surface area contributed by atoms with Crippen LogP contribution in [0.2, 0.25) is 0 Å². The number of nitrogens with zero attached hydrogens (tertiary/aromatic N) is 1. The van der Waals surface area contributed by atoms with E-state index < -0.39 is 0 Å². The van der Waals surface area contributed by atoms with Gasteiger partial charge in [0.2, 0.25) is 0 Å². The first kappa shape index (κ1) is 15.8. The summed E-state index contributed by atoms with van der Waals surface area (Å²) in [4.78, 5) is 11.8. The predicted octanol–water partition coefficient (Wildman–Crippen LogP) is 3.58. The van der Waals surface area contributed by atoms with Crippen molar-refractivity contribution in [1.82, 2.24) is 5.43 Å². The maximum Gasteiger partial charge on any atom is 0.271 e. The van der Waals surface area contributed by atoms with Gasteiger partial charge in [-0.1, -0.05) is 29.8 Å². The second kappa shape index (κ2) is 8.64. The van der Waals surface area contributed by atoms with Gasteiger partial charge in [-0.3, -0.25) is 4.79 Å². The van der Waals surface area contributed by atoms with Gasteiger partial charge in [0.15, 0.2) is 0 Å². The highest BCUT2D eigenvalue weighted by Crippen LogP contribution is 2.11. The molecule has 2 aromatic carbocycles. The highest BCUT2D eigenvalue weighted by molar-refractivity contribution is 6.25. The number of amides is 1. The average Bonchev–Trinajstić information content (AvgIpc) is 2.57. The van der Waals surface area contributed by atoms with Crippen molar-refractivity contribution in [2.24, 2.45) is 5.10 Å². The number of nitrogens with one attached hydrogen (secondary N) is 1. The number of rotatable bonds is 6. The highest BCUT2D eigenvalue weighted by atomic mass is 35.5. The standard InChI is InChI=1S/C17H15ClN2O2/c18-11-4-12-22-16-9-7-14(8-10-16)13-19-20-17(21)15-5-2-1-3-6-15/h1-11,13H,12H2,(H,20,21)/b11-4+,19-13-. The van der Waals surface area contributed by atoms with Crippen molar-refractivity contribution in [3.05, 3.63) is 77.3 Å². The lowest BCUT2D eigenvalue weighted by Gasteiger charge is -2.03. The average molecular weight is 315 g/mol. The van der Waals surface area contributed by atoms with Crippen LogP contribution in [0.25, 0.3) is 0 Å². The van der Waals surface area contributed by atoms with Crippen LogP contribution in [-0.4, -0.2) is 18.7 Å². The Labute approximate surface area is 134 Å². The van der Waals surface area contributed by atoms with Crippen LogP contribution in [-0.2, 0) is 0 Å². The van der Waals surface area contributed by atoms with Crippen molar-refractivity contribution in [2.45, 2.75) is 0 Å². The van der Waals surface area contributed by atoms with E-state index in [1.165, 1.54) is 5.54 Å². The quantitative estimate of drug-likeness (QED) is 0.654. The lowest BCUT2D eigenvalue weighted by molar-refractivity contribution is 0.0955. The molecule has 22 heavy (non-hydrogen) atoms. The van der Waals surface area contributed by atoms with Crippen molar-refractivity contribution in [3.63, 3.8) is 0 Å². The molecular weight excluding hydrogens is 300 g/mol. The van der Waals surface area contributed by atoms with Gasteiger partial charge in [-0.05, 0) is 48.0 Å². The van der Waals surface area contributed by atoms with Crippen LogP contribution in [0.3, 0.4) is 0 Å². The Balaban J connectivity index is 1.86. The molecule has 0 fully saturated rings. The van der Waals surface area contributed by atoms with Gasteiger partial charge >= 0.3 is 0 Å². The van der Waals surface area contributed by atoms with E-state index in [1.807, 2.05) is 30.3 Å². The lowest BCUT2D eigenvalue weighted by Crippen LogP contribution is -2.17. The van der Waals surface area contributed by atoms with E-state index in [2.05, 4.69) is 10.5 Å². The number of carbonyl (C=O) groups is 1. The fourth-order valence-corrected chi connectivity index (χ4v) is 1.72. The molecule has 0 atom stereocenters. The molecule has 1 amide bonds. The van der Waals surface area contributed by atoms with E-state index in [0.29, 0.717) is 12.2 Å². The molecule has 0 saturated heterocycles. The van der Waals surface area contributed by atoms with Crippen LogP contribution in [0.15, 0.2) is 71.3 Å². The second-order valence-electron chi connectivity index (χ2n) is 4.31. The number of hydrogen-bond acceptors (Lipinski definition) is 3. The Morgan fingerprint density at radius 1 is 1.14 bits per heavy atom. The molecule has 0 saturated carbocycles. The van der Waals surface area contributed by atoms with Crippen LogP contribution in [0.1, 0.15) is 15.9 Å². The molecule has 1 N–H and O–H groups in total. The summed E-state index contributed by atoms with van der Waals surface area (Å²) in [6.45, 7) is 0.421. The molecule has 0 aliphatic heterocycles. The molecule has 2 aromatic rings. The Morgan fingerprint density at radius 3 is 2.55 bits per heavy atom. The number of halogens is 1. The van der Waals surface area contributed by atoms with Crippen molar-refractivity contribution in [3.8, 4) is 5.75 Å². The minimum absolute atomic E-state index is 0.246. The third kappa shape index (κ3) is 5.07. The molecule has 4 nitrogen and oxygen atoms in total. The summed E-state index contributed by atoms with van der Waals surface area (Å²) >= 11 is 5.41. The largest absolute Gasteiger partial charge is 0.490 e. The summed E-state index contributed by atoms with van der Waals surface area (Å²) < 4.78 is 5.42. The second-order valence-corrected chi connectivity index (χ2v) is 4.56. The van der Waals surface area contributed by atoms with Crippen LogP contribution in [0.5, 0.6) is 5.75 Å². The maximum absolute atomic E-state index is 11.8. The van der Waals surface area contributed by atoms with Crippen molar-refractivity contribution in [2.75, 3.05) is 6.61 Å². The fraction of sp³-hybridized carbons (Fsp3) is 0.0588. The van der Waals surface area contributed by atoms with E-state index in [1.54, 1.807) is 36.6 Å². The first-order valence-electron chi connectivity index (χ1n) is 6.66. The number of benzene rings is 2. The van der Waals surface area contributed by atoms with Gasteiger partial charge in [0.25, 0.3) is 5.91 Å². The minimum atomic E-state index is -0.246. The molecule has 0 radical (unpaired) electrons. The normalized spacial score (nSPS) is 11.0. The molecule has 0 heterocycles. The van der Waals surface area contributed by atoms with Gasteiger partial charge in [0.1, 0.15) is 12.4 Å². The third-order valence-electron chi connectivity index (χ3n) is 2.73. The molecule has 0 unspecified atom stereocenters. The van der Waals surface area contributed by atoms with Crippen molar-refractivity contribution in [1.29, 1.82) is 0 Å². The first-order chi connectivity index (χ1) is 10.8. The zero-order chi connectivity index (χ0) is 15.6. The fourth-order valence-electron chi connectivity index (χ4n) is 1.65. The molecular formula is C17H15ClN2O2. The molecule has 0 aliphatic rings. The monoisotopic (exact) mass is 314 g/mol. The SMILES string of the molecule is O=C(N/N=C\c1ccc(OC/C=C/Cl)cc1)c1ccccc1. The van der Waals surface area contributed by atoms with Crippen LogP contribution in [0.4, 0.5) is 0 Å². The molecule has 112 valence electrons. The number of carbonyl (C=O) groups excluding carboxylic acids is 1. The van der Waals surface area contributed by atoms with Gasteiger partial charge in [-0.15, -0.1) is 0 Å². The van der Waals surface area contributed by atoms with E-state index in [9.17, 15) is 4.79 Å². The molecule has 2 rings (SSSR count). The van der Waals surface area contributed by atoms with Crippen molar-refractivity contribution >= 4 is 23.7 Å². The molecule has 5 heteroatoms. The highest BCUT2D eigenvalue weighted by Gasteiger charge is 2.01. The van der Waals surface area contributed by atoms with E-state index in [-0.39, 0.29) is 5.91 Å². The lowest BCUT2D eigenvalue weighted by atomic mass is 10.2. The summed E-state index contributed by atoms with van der Waals surface area (Å²) in [5.41, 5.74) is 5.31. The Morgan fingerprint density at radius 2 is 1.86 bits per heavy atom. The number of ether oxygens (including phenoxy) is 1. The Kier molecular flexibility index (Phi) is 6.20. The van der Waals surface area contributed by atoms with Gasteiger partial charge in [-0.25, -0.2) is 5.43 Å². The number of hydrogen-bond donors (Lipinski definition) is 1. The van der Waals surface area contributed by atoms with Crippen LogP contribution < -0.4 is 10.2 Å². The topological polar surface area (TPSA) is 50.7 Å². The molecule has 0 aliphatic carbocycles. The summed E-state index contributed by atoms with van der Waals surface area (Å²) in [5, 5.41) is 3.93. The van der Waals surface area contributed by atoms with E-state index in [0.717, 1.165) is 11.3 Å². The van der Waals surface area contributed by atoms with E-state index >= 15 is 0 Å². The Hall–Kier alpha value is -2.59. The summed E-state index contributed by atoms with van der Waals surface area (Å²) in [5.74, 6) is 0.491. The molecule has 0 spiro atoms. The summed E-state index contributed by atoms with van der Waals surface area (Å²) in [6, 6.07) is 16.2. The predicted molar refractivity (Wildman–Crippen MR) is 88.4 cm³/mol. The smallest absolute Gasteiger partial charge is 0.271 e. The summed E-state index contributed by atoms with van der Waals surface area (Å²) in [7, 11) is 0. The van der Waals surface area contributed by atoms with Crippen LogP contribution in [0, 0.1) is 0 Å². The molecule has 0 aromatic heterocycles. The van der Waals surface area contributed by atoms with Gasteiger partial charge in [-0.2, -0.15) is 5.10 Å². The third-order valence-corrected chi connectivity index (χ3v) is 2.91. The van der Waals surface area contributed by atoms with E-state index in [4.69, 9.17) is 16.3 Å². The zero-order valence-corrected chi connectivity index (χ0v) is 12.5. The minimum Gasteiger partial charge on any atom is -0.490 e. The van der Waals surface area contributed by atoms with Gasteiger partial charge in [0.05, 0.1) is 6.21 Å². The maximum atomic E-state index is 11.8. The zero-order valence-electron chi connectivity index (χ0n) is 11.8. The Bertz CT molecular complexity index is 652. The van der Waals surface area contributed by atoms with Gasteiger partial charge in [0, 0.05) is 11.1 Å². The number of hydrazone groups is 1. The van der Waals surface area contributed by atoms with Crippen molar-refractivity contribution < 1.29 is 9.53 Å². The first-order valence-corrected chi connectivity index (χ1v) is 7.10. The van der Waals surface area contributed by atoms with Crippen LogP contribution >= 0.6 is 11.6 Å². The van der Waals surface area contributed by atoms with Gasteiger partial charge < -0.3 is 4.74 Å². The summed E-state index contributed by atoms with van der Waals surface area (Å²) in [6.07, 6.45) is 3.28.